The summed E-state index contributed by atoms with van der Waals surface area (Å²) >= 11 is 0. The fraction of sp³-hybridized carbons (Fsp3) is 0.269. The molecule has 148 valence electrons. The number of benzene rings is 3. The molecule has 0 spiro atoms. The minimum atomic E-state index is 0.758. The molecule has 2 aromatic carbocycles. The summed E-state index contributed by atoms with van der Waals surface area (Å²) in [6, 6.07) is 17.3. The number of rotatable bonds is 4. The van der Waals surface area contributed by atoms with Gasteiger partial charge in [-0.05, 0) is 69.0 Å². The maximum atomic E-state index is 6.43. The van der Waals surface area contributed by atoms with Gasteiger partial charge in [-0.3, -0.25) is 4.99 Å². The van der Waals surface area contributed by atoms with Crippen molar-refractivity contribution >= 4 is 16.7 Å². The Balaban J connectivity index is 2.18. The maximum absolute atomic E-state index is 6.43. The Hall–Kier alpha value is -3.07. The molecule has 1 aliphatic carbocycles. The smallest absolute Gasteiger partial charge is 0.137 e. The molecule has 29 heavy (non-hydrogen) atoms. The van der Waals surface area contributed by atoms with Crippen LogP contribution >= 0.6 is 0 Å². The Morgan fingerprint density at radius 1 is 0.862 bits per heavy atom. The van der Waals surface area contributed by atoms with E-state index in [0.717, 1.165) is 46.4 Å². The van der Waals surface area contributed by atoms with Gasteiger partial charge in [0.15, 0.2) is 0 Å². The average molecular weight is 385 g/mol. The predicted molar refractivity (Wildman–Crippen MR) is 123 cm³/mol. The van der Waals surface area contributed by atoms with Crippen molar-refractivity contribution in [3.8, 4) is 22.5 Å². The highest BCUT2D eigenvalue weighted by atomic mass is 16.3. The Morgan fingerprint density at radius 2 is 1.66 bits per heavy atom. The molecule has 0 atom stereocenters. The van der Waals surface area contributed by atoms with Crippen LogP contribution in [-0.4, -0.2) is 13.1 Å². The van der Waals surface area contributed by atoms with Crippen LogP contribution in [0.4, 0.5) is 5.69 Å². The quantitative estimate of drug-likeness (QED) is 0.409. The van der Waals surface area contributed by atoms with Crippen LogP contribution in [0, 0.1) is 20.8 Å². The van der Waals surface area contributed by atoms with Gasteiger partial charge in [0.25, 0.3) is 0 Å². The van der Waals surface area contributed by atoms with E-state index in [1.54, 1.807) is 0 Å². The van der Waals surface area contributed by atoms with Crippen LogP contribution in [0.15, 0.2) is 57.9 Å². The number of anilines is 1. The minimum absolute atomic E-state index is 0.758. The molecule has 2 aromatic rings. The van der Waals surface area contributed by atoms with Crippen LogP contribution in [0.2, 0.25) is 0 Å². The highest BCUT2D eigenvalue weighted by Crippen LogP contribution is 2.42. The van der Waals surface area contributed by atoms with Gasteiger partial charge >= 0.3 is 0 Å². The van der Waals surface area contributed by atoms with Crippen LogP contribution in [0.25, 0.3) is 33.4 Å². The molecule has 0 saturated carbocycles. The molecule has 2 aliphatic rings. The third kappa shape index (κ3) is 3.42. The first-order valence-electron chi connectivity index (χ1n) is 10.4. The standard InChI is InChI=1S/C26H28N2O/c1-6-27-22-14-24-20(12-17(22)4)26(19-11-9-8-10-16(19)3)21-13-18(5)23(28-7-2)15-25(21)29-24/h8-15,27H,6-7H2,1-5H3. The molecule has 3 heteroatoms. The number of hydrogen-bond donors (Lipinski definition) is 1. The van der Waals surface area contributed by atoms with Gasteiger partial charge in [-0.25, -0.2) is 0 Å². The molecule has 0 amide bonds. The topological polar surface area (TPSA) is 37.5 Å². The van der Waals surface area contributed by atoms with Crippen LogP contribution in [0.5, 0.6) is 0 Å². The maximum Gasteiger partial charge on any atom is 0.137 e. The molecule has 1 N–H and O–H groups in total. The van der Waals surface area contributed by atoms with E-state index in [1.807, 2.05) is 0 Å². The summed E-state index contributed by atoms with van der Waals surface area (Å²) in [6.07, 6.45) is 0. The van der Waals surface area contributed by atoms with Gasteiger partial charge < -0.3 is 9.73 Å². The summed E-state index contributed by atoms with van der Waals surface area (Å²) in [6.45, 7) is 12.3. The van der Waals surface area contributed by atoms with Gasteiger partial charge in [0.2, 0.25) is 0 Å². The van der Waals surface area contributed by atoms with E-state index in [2.05, 4.69) is 93.5 Å². The molecule has 0 fully saturated rings. The van der Waals surface area contributed by atoms with Crippen molar-refractivity contribution in [1.29, 1.82) is 0 Å². The van der Waals surface area contributed by atoms with E-state index in [-0.39, 0.29) is 0 Å². The molecule has 1 aliphatic heterocycles. The van der Waals surface area contributed by atoms with Crippen LogP contribution in [0.1, 0.15) is 30.5 Å². The average Bonchev–Trinajstić information content (AvgIpc) is 2.69. The second kappa shape index (κ2) is 7.75. The van der Waals surface area contributed by atoms with Crippen LogP contribution < -0.4 is 10.7 Å². The number of nitrogens with one attached hydrogen (secondary N) is 1. The zero-order chi connectivity index (χ0) is 20.5. The molecule has 0 bridgehead atoms. The fourth-order valence-corrected chi connectivity index (χ4v) is 4.05. The molecule has 3 nitrogen and oxygen atoms in total. The monoisotopic (exact) mass is 384 g/mol. The molecule has 0 radical (unpaired) electrons. The normalized spacial score (nSPS) is 12.1. The summed E-state index contributed by atoms with van der Waals surface area (Å²) in [5.74, 6) is 0.875. The van der Waals surface area contributed by atoms with Gasteiger partial charge in [-0.15, -0.1) is 0 Å². The molecule has 0 unspecified atom stereocenters. The Morgan fingerprint density at radius 3 is 2.38 bits per heavy atom. The lowest BCUT2D eigenvalue weighted by atomic mass is 9.89. The summed E-state index contributed by atoms with van der Waals surface area (Å²) in [7, 11) is 0. The SMILES string of the molecule is CCN=c1cc2oc3cc(NCC)c(C)cc3c(-c3ccccc3C)c-2cc1C. The van der Waals surface area contributed by atoms with E-state index in [1.165, 1.54) is 27.8 Å². The molecule has 0 aromatic heterocycles. The van der Waals surface area contributed by atoms with Crippen molar-refractivity contribution in [2.45, 2.75) is 34.6 Å². The molecular weight excluding hydrogens is 356 g/mol. The van der Waals surface area contributed by atoms with Gasteiger partial charge in [0.05, 0.1) is 5.36 Å². The second-order valence-corrected chi connectivity index (χ2v) is 7.59. The van der Waals surface area contributed by atoms with Crippen molar-refractivity contribution < 1.29 is 4.42 Å². The first kappa shape index (κ1) is 19.3. The first-order valence-corrected chi connectivity index (χ1v) is 10.4. The van der Waals surface area contributed by atoms with E-state index >= 15 is 0 Å². The molecular formula is C26H28N2O. The number of aryl methyl sites for hydroxylation is 3. The third-order valence-corrected chi connectivity index (χ3v) is 5.49. The fourth-order valence-electron chi connectivity index (χ4n) is 4.05. The van der Waals surface area contributed by atoms with E-state index in [4.69, 9.17) is 4.42 Å². The summed E-state index contributed by atoms with van der Waals surface area (Å²) in [4.78, 5) is 4.65. The lowest BCUT2D eigenvalue weighted by Gasteiger charge is -2.19. The molecule has 4 rings (SSSR count). The predicted octanol–water partition coefficient (Wildman–Crippen LogP) is 6.48. The van der Waals surface area contributed by atoms with Crippen molar-refractivity contribution in [2.24, 2.45) is 4.99 Å². The van der Waals surface area contributed by atoms with E-state index in [9.17, 15) is 0 Å². The number of nitrogens with zero attached hydrogens (tertiary/aromatic N) is 1. The Labute approximate surface area is 172 Å². The van der Waals surface area contributed by atoms with Crippen molar-refractivity contribution in [3.63, 3.8) is 0 Å². The summed E-state index contributed by atoms with van der Waals surface area (Å²) in [5, 5.41) is 5.59. The number of hydrogen-bond acceptors (Lipinski definition) is 3. The lowest BCUT2D eigenvalue weighted by Crippen LogP contribution is -2.09. The van der Waals surface area contributed by atoms with Crippen molar-refractivity contribution in [3.05, 3.63) is 70.6 Å². The molecule has 1 heterocycles. The van der Waals surface area contributed by atoms with E-state index in [0.29, 0.717) is 0 Å². The number of fused-ring (bicyclic) bond motifs is 2. The Bertz CT molecular complexity index is 1230. The third-order valence-electron chi connectivity index (χ3n) is 5.49. The van der Waals surface area contributed by atoms with Crippen LogP contribution in [-0.2, 0) is 0 Å². The summed E-state index contributed by atoms with van der Waals surface area (Å²) < 4.78 is 6.43. The zero-order valence-corrected chi connectivity index (χ0v) is 17.9. The van der Waals surface area contributed by atoms with Gasteiger partial charge in [0.1, 0.15) is 11.3 Å². The van der Waals surface area contributed by atoms with Crippen molar-refractivity contribution in [1.82, 2.24) is 0 Å². The van der Waals surface area contributed by atoms with Gasteiger partial charge in [0, 0.05) is 47.4 Å². The zero-order valence-electron chi connectivity index (χ0n) is 17.9. The largest absolute Gasteiger partial charge is 0.456 e. The van der Waals surface area contributed by atoms with Gasteiger partial charge in [-0.2, -0.15) is 0 Å². The highest BCUT2D eigenvalue weighted by molar-refractivity contribution is 6.03. The van der Waals surface area contributed by atoms with Crippen molar-refractivity contribution in [2.75, 3.05) is 18.4 Å². The highest BCUT2D eigenvalue weighted by Gasteiger charge is 2.20. The summed E-state index contributed by atoms with van der Waals surface area (Å²) in [5.41, 5.74) is 9.27. The minimum Gasteiger partial charge on any atom is -0.456 e. The lowest BCUT2D eigenvalue weighted by molar-refractivity contribution is 0.618. The first-order chi connectivity index (χ1) is 14.0. The second-order valence-electron chi connectivity index (χ2n) is 7.59. The van der Waals surface area contributed by atoms with Gasteiger partial charge in [-0.1, -0.05) is 24.3 Å². The molecule has 0 saturated heterocycles. The Kier molecular flexibility index (Phi) is 5.14. The van der Waals surface area contributed by atoms with E-state index < -0.39 is 0 Å². The van der Waals surface area contributed by atoms with Crippen LogP contribution in [0.3, 0.4) is 0 Å².